The van der Waals surface area contributed by atoms with Crippen molar-refractivity contribution in [2.24, 2.45) is 5.10 Å². The van der Waals surface area contributed by atoms with Crippen LogP contribution in [0.5, 0.6) is 5.75 Å². The van der Waals surface area contributed by atoms with Gasteiger partial charge < -0.3 is 9.15 Å². The van der Waals surface area contributed by atoms with Gasteiger partial charge in [0.15, 0.2) is 0 Å². The largest absolute Gasteiger partial charge is 0.497 e. The number of nitrogens with one attached hydrogen (secondary N) is 1. The number of nitrogens with zero attached hydrogens (tertiary/aromatic N) is 2. The second-order valence-corrected chi connectivity index (χ2v) is 8.14. The number of methoxy groups -OCH3 is 1. The molecule has 4 rings (SSSR count). The monoisotopic (exact) mass is 469 g/mol. The molecular weight excluding hydrogens is 454 g/mol. The highest BCUT2D eigenvalue weighted by atomic mass is 79.9. The molecular formula is C21H16BrN3O3S. The number of rotatable bonds is 5. The minimum absolute atomic E-state index is 0.395. The number of ether oxygens (including phenoxy) is 1. The van der Waals surface area contributed by atoms with Gasteiger partial charge in [-0.3, -0.25) is 5.43 Å². The van der Waals surface area contributed by atoms with Crippen LogP contribution in [0.15, 0.2) is 73.5 Å². The van der Waals surface area contributed by atoms with E-state index in [0.717, 1.165) is 26.9 Å². The molecule has 8 heteroatoms. The molecule has 29 heavy (non-hydrogen) atoms. The molecule has 0 fully saturated rings. The minimum Gasteiger partial charge on any atom is -0.497 e. The molecule has 0 spiro atoms. The third-order valence-electron chi connectivity index (χ3n) is 4.29. The van der Waals surface area contributed by atoms with Crippen LogP contribution in [0.4, 0.5) is 5.13 Å². The van der Waals surface area contributed by atoms with Gasteiger partial charge >= 0.3 is 5.63 Å². The summed E-state index contributed by atoms with van der Waals surface area (Å²) >= 11 is 4.77. The molecule has 0 aliphatic carbocycles. The van der Waals surface area contributed by atoms with Gasteiger partial charge in [-0.25, -0.2) is 9.78 Å². The number of thiazole rings is 1. The van der Waals surface area contributed by atoms with E-state index >= 15 is 0 Å². The van der Waals surface area contributed by atoms with E-state index in [4.69, 9.17) is 9.15 Å². The van der Waals surface area contributed by atoms with Gasteiger partial charge in [0.1, 0.15) is 11.3 Å². The van der Waals surface area contributed by atoms with E-state index in [1.54, 1.807) is 19.4 Å². The number of hydrogen-bond acceptors (Lipinski definition) is 7. The van der Waals surface area contributed by atoms with Crippen LogP contribution in [0, 0.1) is 0 Å². The Kier molecular flexibility index (Phi) is 5.46. The smallest absolute Gasteiger partial charge is 0.345 e. The van der Waals surface area contributed by atoms with Crippen LogP contribution in [0.3, 0.4) is 0 Å². The Balaban J connectivity index is 1.57. The van der Waals surface area contributed by atoms with Gasteiger partial charge in [-0.1, -0.05) is 27.3 Å². The second-order valence-electron chi connectivity index (χ2n) is 6.20. The molecule has 0 atom stereocenters. The lowest BCUT2D eigenvalue weighted by Crippen LogP contribution is -2.01. The highest BCUT2D eigenvalue weighted by Crippen LogP contribution is 2.29. The highest BCUT2D eigenvalue weighted by molar-refractivity contribution is 9.10. The zero-order valence-corrected chi connectivity index (χ0v) is 18.0. The summed E-state index contributed by atoms with van der Waals surface area (Å²) in [7, 11) is 1.63. The first-order valence-corrected chi connectivity index (χ1v) is 10.3. The molecule has 1 N–H and O–H groups in total. The molecule has 2 aromatic carbocycles. The van der Waals surface area contributed by atoms with E-state index in [1.807, 2.05) is 49.4 Å². The van der Waals surface area contributed by atoms with Crippen LogP contribution in [0.1, 0.15) is 12.5 Å². The average molecular weight is 470 g/mol. The van der Waals surface area contributed by atoms with Gasteiger partial charge in [-0.2, -0.15) is 5.10 Å². The lowest BCUT2D eigenvalue weighted by molar-refractivity contribution is 0.415. The van der Waals surface area contributed by atoms with Gasteiger partial charge in [-0.05, 0) is 61.0 Å². The third-order valence-corrected chi connectivity index (χ3v) is 5.72. The maximum absolute atomic E-state index is 12.4. The number of fused-ring (bicyclic) bond motifs is 1. The van der Waals surface area contributed by atoms with Crippen molar-refractivity contribution in [3.05, 3.63) is 75.2 Å². The van der Waals surface area contributed by atoms with Gasteiger partial charge in [0.2, 0.25) is 5.13 Å². The van der Waals surface area contributed by atoms with Gasteiger partial charge in [0.05, 0.1) is 23.3 Å². The van der Waals surface area contributed by atoms with Crippen molar-refractivity contribution < 1.29 is 9.15 Å². The van der Waals surface area contributed by atoms with E-state index in [0.29, 0.717) is 21.2 Å². The van der Waals surface area contributed by atoms with E-state index in [2.05, 4.69) is 31.4 Å². The number of hydrogen-bond donors (Lipinski definition) is 1. The van der Waals surface area contributed by atoms with E-state index in [9.17, 15) is 4.79 Å². The molecule has 0 aliphatic rings. The normalized spacial score (nSPS) is 11.6. The number of hydrazone groups is 1. The van der Waals surface area contributed by atoms with Crippen LogP contribution in [-0.4, -0.2) is 17.8 Å². The van der Waals surface area contributed by atoms with E-state index < -0.39 is 5.63 Å². The second kappa shape index (κ2) is 8.18. The lowest BCUT2D eigenvalue weighted by Gasteiger charge is -2.03. The van der Waals surface area contributed by atoms with Crippen molar-refractivity contribution >= 4 is 49.1 Å². The molecule has 0 saturated carbocycles. The molecule has 0 aliphatic heterocycles. The number of halogens is 1. The topological polar surface area (TPSA) is 76.7 Å². The standard InChI is InChI=1S/C21H16BrN3O3S/c1-12(13-3-6-16(27-2)7-4-13)24-25-21-23-11-19(29-21)17-10-14-9-15(22)5-8-18(14)28-20(17)26/h3-11H,1-2H3,(H,23,25)/b24-12+. The Morgan fingerprint density at radius 1 is 1.21 bits per heavy atom. The summed E-state index contributed by atoms with van der Waals surface area (Å²) in [5.74, 6) is 0.792. The van der Waals surface area contributed by atoms with Gasteiger partial charge in [0, 0.05) is 16.1 Å². The lowest BCUT2D eigenvalue weighted by atomic mass is 10.1. The summed E-state index contributed by atoms with van der Waals surface area (Å²) in [5, 5.41) is 5.80. The fraction of sp³-hybridized carbons (Fsp3) is 0.0952. The van der Waals surface area contributed by atoms with Crippen LogP contribution >= 0.6 is 27.3 Å². The highest BCUT2D eigenvalue weighted by Gasteiger charge is 2.12. The molecule has 0 bridgehead atoms. The molecule has 2 heterocycles. The average Bonchev–Trinajstić information content (AvgIpc) is 3.20. The van der Waals surface area contributed by atoms with Crippen molar-refractivity contribution in [1.29, 1.82) is 0 Å². The van der Waals surface area contributed by atoms with Crippen LogP contribution in [0.25, 0.3) is 21.4 Å². The Bertz CT molecular complexity index is 1260. The van der Waals surface area contributed by atoms with Crippen molar-refractivity contribution in [3.63, 3.8) is 0 Å². The summed E-state index contributed by atoms with van der Waals surface area (Å²) in [5.41, 5.74) is 5.34. The Labute approximate surface area is 179 Å². The predicted molar refractivity (Wildman–Crippen MR) is 120 cm³/mol. The Hall–Kier alpha value is -2.97. The first-order valence-electron chi connectivity index (χ1n) is 8.68. The van der Waals surface area contributed by atoms with Crippen molar-refractivity contribution in [3.8, 4) is 16.2 Å². The molecule has 2 aromatic heterocycles. The fourth-order valence-electron chi connectivity index (χ4n) is 2.74. The summed E-state index contributed by atoms with van der Waals surface area (Å²) in [6, 6.07) is 15.0. The molecule has 6 nitrogen and oxygen atoms in total. The van der Waals surface area contributed by atoms with Crippen LogP contribution in [0.2, 0.25) is 0 Å². The predicted octanol–water partition coefficient (Wildman–Crippen LogP) is 5.52. The molecule has 146 valence electrons. The molecule has 0 amide bonds. The third kappa shape index (κ3) is 4.23. The number of aromatic nitrogens is 1. The van der Waals surface area contributed by atoms with E-state index in [-0.39, 0.29) is 0 Å². The maximum atomic E-state index is 12.4. The van der Waals surface area contributed by atoms with Crippen molar-refractivity contribution in [1.82, 2.24) is 4.98 Å². The summed E-state index contributed by atoms with van der Waals surface area (Å²) in [4.78, 5) is 17.4. The summed E-state index contributed by atoms with van der Waals surface area (Å²) in [6.07, 6.45) is 1.64. The zero-order chi connectivity index (χ0) is 20.4. The van der Waals surface area contributed by atoms with Gasteiger partial charge in [-0.15, -0.1) is 0 Å². The van der Waals surface area contributed by atoms with Crippen molar-refractivity contribution in [2.75, 3.05) is 12.5 Å². The first-order chi connectivity index (χ1) is 14.0. The number of benzene rings is 2. The summed E-state index contributed by atoms with van der Waals surface area (Å²) in [6.45, 7) is 1.90. The van der Waals surface area contributed by atoms with Gasteiger partial charge in [0.25, 0.3) is 0 Å². The quantitative estimate of drug-likeness (QED) is 0.236. The molecule has 4 aromatic rings. The Morgan fingerprint density at radius 2 is 2.00 bits per heavy atom. The van der Waals surface area contributed by atoms with E-state index in [1.165, 1.54) is 11.3 Å². The SMILES string of the molecule is COc1ccc(/C(C)=N/Nc2ncc(-c3cc4cc(Br)ccc4oc3=O)s2)cc1. The first kappa shape index (κ1) is 19.4. The molecule has 0 unspecified atom stereocenters. The number of anilines is 1. The molecule has 0 radical (unpaired) electrons. The van der Waals surface area contributed by atoms with Crippen LogP contribution < -0.4 is 15.8 Å². The minimum atomic E-state index is -0.395. The van der Waals surface area contributed by atoms with Crippen molar-refractivity contribution in [2.45, 2.75) is 6.92 Å². The molecule has 0 saturated heterocycles. The fourth-order valence-corrected chi connectivity index (χ4v) is 3.89. The summed E-state index contributed by atoms with van der Waals surface area (Å²) < 4.78 is 11.5. The zero-order valence-electron chi connectivity index (χ0n) is 15.6. The Morgan fingerprint density at radius 3 is 2.76 bits per heavy atom. The maximum Gasteiger partial charge on any atom is 0.345 e. The van der Waals surface area contributed by atoms with Crippen LogP contribution in [-0.2, 0) is 0 Å².